The van der Waals surface area contributed by atoms with E-state index in [4.69, 9.17) is 5.73 Å². The smallest absolute Gasteiger partial charge is 0.296 e. The Labute approximate surface area is 289 Å². The first-order chi connectivity index (χ1) is 23.7. The number of nitrogens with two attached hydrogens (primary N) is 1. The van der Waals surface area contributed by atoms with E-state index in [0.29, 0.717) is 23.4 Å². The van der Waals surface area contributed by atoms with Crippen molar-refractivity contribution in [2.45, 2.75) is 28.5 Å². The third kappa shape index (κ3) is 8.09. The molecule has 0 spiro atoms. The molecule has 6 N–H and O–H groups in total. The number of phenolic OH excluding ortho intramolecular Hbond substituents is 1. The summed E-state index contributed by atoms with van der Waals surface area (Å²) >= 11 is 0. The van der Waals surface area contributed by atoms with Gasteiger partial charge in [0.1, 0.15) is 43.1 Å². The van der Waals surface area contributed by atoms with Crippen molar-refractivity contribution in [2.24, 2.45) is 30.7 Å². The molecular weight excluding hydrogens is 734 g/mol. The Hall–Kier alpha value is -5.58. The van der Waals surface area contributed by atoms with Gasteiger partial charge in [0.2, 0.25) is 0 Å². The topological polar surface area (TPSA) is 284 Å². The van der Waals surface area contributed by atoms with E-state index in [1.54, 1.807) is 31.2 Å². The lowest BCUT2D eigenvalue weighted by molar-refractivity contribution is 0.472. The molecule has 0 aromatic heterocycles. The Bertz CT molecular complexity index is 2670. The SMILES string of the molecule is Cc1ccc(N=Nc2cc(S(=O)(=O)O)c(N=Nc3c(S(=O)(=O)O)cc4c(N=Nc5ccc(C)cc5S(=O)(=O)O)c(N)ccc4c3O)cc2F)cc1. The molecule has 0 fully saturated rings. The van der Waals surface area contributed by atoms with Crippen molar-refractivity contribution >= 4 is 80.9 Å². The standard InChI is InChI=1S/C30H24FN7O10S3/c1-15-3-6-17(7-4-15)33-35-23-14-26(50(43,44)45)24(13-20(23)31)36-38-29-27(51(46,47)48)12-19-18(30(29)39)8-9-21(32)28(19)37-34-22-10-5-16(2)11-25(22)49(40,41)42/h3-14,39H,32H2,1-2H3,(H,40,41,42)(H,43,44,45)(H,46,47,48). The maximum atomic E-state index is 15.1. The number of aryl methyl sites for hydroxylation is 2. The van der Waals surface area contributed by atoms with Gasteiger partial charge in [-0.15, -0.1) is 25.6 Å². The van der Waals surface area contributed by atoms with Gasteiger partial charge in [-0.3, -0.25) is 13.7 Å². The summed E-state index contributed by atoms with van der Waals surface area (Å²) in [6.07, 6.45) is 0. The van der Waals surface area contributed by atoms with Gasteiger partial charge in [-0.2, -0.15) is 30.4 Å². The average molecular weight is 758 g/mol. The summed E-state index contributed by atoms with van der Waals surface area (Å²) in [5.74, 6) is -2.15. The highest BCUT2D eigenvalue weighted by Crippen LogP contribution is 2.46. The Morgan fingerprint density at radius 3 is 1.73 bits per heavy atom. The summed E-state index contributed by atoms with van der Waals surface area (Å²) in [6.45, 7) is 3.38. The zero-order chi connectivity index (χ0) is 37.5. The van der Waals surface area contributed by atoms with E-state index in [-0.39, 0.29) is 27.8 Å². The van der Waals surface area contributed by atoms with Crippen LogP contribution in [0.15, 0.2) is 118 Å². The van der Waals surface area contributed by atoms with Crippen molar-refractivity contribution in [3.8, 4) is 5.75 Å². The van der Waals surface area contributed by atoms with Crippen molar-refractivity contribution in [2.75, 3.05) is 5.73 Å². The molecule has 17 nitrogen and oxygen atoms in total. The van der Waals surface area contributed by atoms with Crippen LogP contribution >= 0.6 is 0 Å². The summed E-state index contributed by atoms with van der Waals surface area (Å²) in [6, 6.07) is 14.6. The number of hydrogen-bond donors (Lipinski definition) is 5. The van der Waals surface area contributed by atoms with E-state index >= 15 is 4.39 Å². The zero-order valence-electron chi connectivity index (χ0n) is 26.0. The Kier molecular flexibility index (Phi) is 9.80. The minimum atomic E-state index is -5.28. The number of hydrogen-bond acceptors (Lipinski definition) is 14. The molecule has 51 heavy (non-hydrogen) atoms. The minimum Gasteiger partial charge on any atom is -0.505 e. The molecule has 21 heteroatoms. The number of anilines is 1. The first-order valence-corrected chi connectivity index (χ1v) is 18.3. The van der Waals surface area contributed by atoms with Crippen LogP contribution in [0.4, 0.5) is 44.2 Å². The molecule has 0 aliphatic heterocycles. The molecule has 0 atom stereocenters. The fourth-order valence-electron chi connectivity index (χ4n) is 4.56. The predicted octanol–water partition coefficient (Wildman–Crippen LogP) is 7.87. The number of nitrogens with zero attached hydrogens (tertiary/aromatic N) is 6. The van der Waals surface area contributed by atoms with Gasteiger partial charge in [-0.05, 0) is 67.9 Å². The van der Waals surface area contributed by atoms with Crippen molar-refractivity contribution in [3.63, 3.8) is 0 Å². The van der Waals surface area contributed by atoms with Crippen LogP contribution in [0.3, 0.4) is 0 Å². The monoisotopic (exact) mass is 757 g/mol. The van der Waals surface area contributed by atoms with Crippen LogP contribution in [0.5, 0.6) is 5.75 Å². The molecule has 5 aromatic rings. The zero-order valence-corrected chi connectivity index (χ0v) is 28.5. The van der Waals surface area contributed by atoms with E-state index in [0.717, 1.165) is 17.7 Å². The van der Waals surface area contributed by atoms with E-state index in [1.807, 2.05) is 6.92 Å². The van der Waals surface area contributed by atoms with Crippen molar-refractivity contribution in [3.05, 3.63) is 89.7 Å². The largest absolute Gasteiger partial charge is 0.505 e. The van der Waals surface area contributed by atoms with E-state index in [2.05, 4.69) is 30.7 Å². The second-order valence-corrected chi connectivity index (χ2v) is 14.9. The predicted molar refractivity (Wildman–Crippen MR) is 181 cm³/mol. The molecule has 0 saturated carbocycles. The Balaban J connectivity index is 1.65. The molecule has 0 aliphatic rings. The summed E-state index contributed by atoms with van der Waals surface area (Å²) in [5, 5.41) is 33.1. The molecule has 0 aliphatic carbocycles. The number of azo groups is 3. The molecule has 0 saturated heterocycles. The maximum Gasteiger partial charge on any atom is 0.296 e. The number of aromatic hydroxyl groups is 1. The van der Waals surface area contributed by atoms with Crippen LogP contribution in [0.2, 0.25) is 0 Å². The molecule has 5 aromatic carbocycles. The summed E-state index contributed by atoms with van der Waals surface area (Å²) in [4.78, 5) is -2.73. The van der Waals surface area contributed by atoms with Crippen molar-refractivity contribution < 1.29 is 48.4 Å². The third-order valence-corrected chi connectivity index (χ3v) is 9.67. The third-order valence-electron chi connectivity index (χ3n) is 7.04. The summed E-state index contributed by atoms with van der Waals surface area (Å²) in [5.41, 5.74) is 4.47. The second kappa shape index (κ2) is 13.6. The van der Waals surface area contributed by atoms with Gasteiger partial charge >= 0.3 is 0 Å². The van der Waals surface area contributed by atoms with Crippen LogP contribution < -0.4 is 5.73 Å². The first-order valence-electron chi connectivity index (χ1n) is 14.0. The number of halogens is 1. The second-order valence-electron chi connectivity index (χ2n) is 10.8. The molecule has 0 heterocycles. The van der Waals surface area contributed by atoms with Gasteiger partial charge in [-0.1, -0.05) is 23.8 Å². The number of benzene rings is 5. The van der Waals surface area contributed by atoms with Crippen LogP contribution in [-0.4, -0.2) is 44.0 Å². The van der Waals surface area contributed by atoms with Crippen LogP contribution in [0.1, 0.15) is 11.1 Å². The molecule has 264 valence electrons. The molecular formula is C30H24FN7O10S3. The molecule has 0 amide bonds. The maximum absolute atomic E-state index is 15.1. The lowest BCUT2D eigenvalue weighted by atomic mass is 10.1. The molecule has 0 bridgehead atoms. The quantitative estimate of drug-likeness (QED) is 0.0547. The lowest BCUT2D eigenvalue weighted by Crippen LogP contribution is -2.00. The number of phenols is 1. The molecule has 0 unspecified atom stereocenters. The first kappa shape index (κ1) is 36.7. The molecule has 0 radical (unpaired) electrons. The highest BCUT2D eigenvalue weighted by atomic mass is 32.2. The highest BCUT2D eigenvalue weighted by Gasteiger charge is 2.25. The van der Waals surface area contributed by atoms with Crippen LogP contribution in [-0.2, 0) is 30.4 Å². The summed E-state index contributed by atoms with van der Waals surface area (Å²) < 4.78 is 118. The van der Waals surface area contributed by atoms with E-state index in [9.17, 15) is 44.0 Å². The number of fused-ring (bicyclic) bond motifs is 1. The van der Waals surface area contributed by atoms with Crippen molar-refractivity contribution in [1.29, 1.82) is 0 Å². The average Bonchev–Trinajstić information content (AvgIpc) is 3.03. The Morgan fingerprint density at radius 1 is 0.549 bits per heavy atom. The van der Waals surface area contributed by atoms with Crippen LogP contribution in [0.25, 0.3) is 10.8 Å². The van der Waals surface area contributed by atoms with Gasteiger partial charge in [0.05, 0.1) is 11.4 Å². The fraction of sp³-hybridized carbons (Fsp3) is 0.0667. The van der Waals surface area contributed by atoms with Gasteiger partial charge < -0.3 is 10.8 Å². The lowest BCUT2D eigenvalue weighted by Gasteiger charge is -2.12. The van der Waals surface area contributed by atoms with E-state index in [1.165, 1.54) is 24.3 Å². The van der Waals surface area contributed by atoms with Gasteiger partial charge in [0.15, 0.2) is 11.6 Å². The van der Waals surface area contributed by atoms with Gasteiger partial charge in [0.25, 0.3) is 30.4 Å². The number of nitrogen functional groups attached to an aromatic ring is 1. The van der Waals surface area contributed by atoms with Gasteiger partial charge in [0, 0.05) is 16.8 Å². The number of rotatable bonds is 9. The van der Waals surface area contributed by atoms with Gasteiger partial charge in [-0.25, -0.2) is 4.39 Å². The van der Waals surface area contributed by atoms with Crippen LogP contribution in [0, 0.1) is 19.7 Å². The van der Waals surface area contributed by atoms with E-state index < -0.39 is 73.7 Å². The highest BCUT2D eigenvalue weighted by molar-refractivity contribution is 7.86. The van der Waals surface area contributed by atoms with Crippen molar-refractivity contribution in [1.82, 2.24) is 0 Å². The molecule has 5 rings (SSSR count). The fourth-order valence-corrected chi connectivity index (χ4v) is 6.54. The minimum absolute atomic E-state index is 0.158. The normalized spacial score (nSPS) is 12.9. The Morgan fingerprint density at radius 2 is 1.10 bits per heavy atom. The summed E-state index contributed by atoms with van der Waals surface area (Å²) in [7, 11) is -15.2.